The van der Waals surface area contributed by atoms with Gasteiger partial charge < -0.3 is 24.2 Å². The number of amides is 2. The number of nitrogens with one attached hydrogen (secondary N) is 2. The van der Waals surface area contributed by atoms with E-state index in [1.807, 2.05) is 12.1 Å². The molecule has 2 amide bonds. The summed E-state index contributed by atoms with van der Waals surface area (Å²) in [4.78, 5) is 38.5. The van der Waals surface area contributed by atoms with Crippen LogP contribution in [-0.4, -0.2) is 24.4 Å². The van der Waals surface area contributed by atoms with Crippen LogP contribution in [0.25, 0.3) is 21.9 Å². The topological polar surface area (TPSA) is 111 Å². The largest absolute Gasteiger partial charge is 0.464 e. The summed E-state index contributed by atoms with van der Waals surface area (Å²) in [5.41, 5.74) is 4.11. The quantitative estimate of drug-likeness (QED) is 0.214. The smallest absolute Gasteiger partial charge is 0.338 e. The van der Waals surface area contributed by atoms with Crippen LogP contribution in [0.1, 0.15) is 59.7 Å². The number of rotatable bonds is 7. The van der Waals surface area contributed by atoms with Crippen LogP contribution in [0.15, 0.2) is 81.8 Å². The molecule has 3 aromatic carbocycles. The van der Waals surface area contributed by atoms with Crippen LogP contribution < -0.4 is 10.6 Å². The van der Waals surface area contributed by atoms with Gasteiger partial charge in [-0.05, 0) is 66.4 Å². The predicted octanol–water partition coefficient (Wildman–Crippen LogP) is 7.09. The number of benzene rings is 3. The Kier molecular flexibility index (Phi) is 7.17. The number of ether oxygens (including phenoxy) is 1. The molecule has 0 bridgehead atoms. The summed E-state index contributed by atoms with van der Waals surface area (Å²) in [7, 11) is 0. The molecule has 0 unspecified atom stereocenters. The number of carbonyl (C=O) groups excluding carboxylic acids is 3. The fourth-order valence-electron chi connectivity index (χ4n) is 4.46. The average molecular weight is 539 g/mol. The first-order chi connectivity index (χ1) is 19.1. The van der Waals surface area contributed by atoms with Gasteiger partial charge in [-0.3, -0.25) is 9.59 Å². The third kappa shape index (κ3) is 5.47. The van der Waals surface area contributed by atoms with Crippen LogP contribution in [0, 0.1) is 0 Å². The van der Waals surface area contributed by atoms with Gasteiger partial charge in [0.1, 0.15) is 16.9 Å². The molecule has 0 atom stereocenters. The molecule has 0 fully saturated rings. The molecule has 0 aliphatic heterocycles. The molecule has 0 saturated heterocycles. The fourth-order valence-corrected chi connectivity index (χ4v) is 4.46. The zero-order valence-electron chi connectivity index (χ0n) is 22.8. The summed E-state index contributed by atoms with van der Waals surface area (Å²) >= 11 is 0. The van der Waals surface area contributed by atoms with Gasteiger partial charge in [0.15, 0.2) is 0 Å². The predicted molar refractivity (Wildman–Crippen MR) is 154 cm³/mol. The van der Waals surface area contributed by atoms with Crippen LogP contribution in [0.4, 0.5) is 11.4 Å². The molecule has 0 spiro atoms. The molecule has 8 nitrogen and oxygen atoms in total. The second-order valence-corrected chi connectivity index (χ2v) is 10.5. The summed E-state index contributed by atoms with van der Waals surface area (Å²) < 4.78 is 16.6. The van der Waals surface area contributed by atoms with E-state index in [0.29, 0.717) is 27.8 Å². The lowest BCUT2D eigenvalue weighted by atomic mass is 9.86. The molecule has 204 valence electrons. The van der Waals surface area contributed by atoms with Crippen molar-refractivity contribution >= 4 is 51.1 Å². The molecule has 40 heavy (non-hydrogen) atoms. The van der Waals surface area contributed by atoms with E-state index < -0.39 is 11.9 Å². The molecule has 2 aromatic heterocycles. The van der Waals surface area contributed by atoms with Gasteiger partial charge in [-0.15, -0.1) is 0 Å². The van der Waals surface area contributed by atoms with Crippen molar-refractivity contribution in [2.45, 2.75) is 39.5 Å². The van der Waals surface area contributed by atoms with Gasteiger partial charge in [0.2, 0.25) is 11.7 Å². The van der Waals surface area contributed by atoms with Crippen molar-refractivity contribution in [1.82, 2.24) is 0 Å². The minimum Gasteiger partial charge on any atom is -0.464 e. The highest BCUT2D eigenvalue weighted by Gasteiger charge is 2.24. The zero-order valence-corrected chi connectivity index (χ0v) is 22.8. The number of carbonyl (C=O) groups is 3. The molecule has 2 heterocycles. The maximum absolute atomic E-state index is 13.3. The molecule has 0 aliphatic carbocycles. The summed E-state index contributed by atoms with van der Waals surface area (Å²) in [6, 6.07) is 19.4. The van der Waals surface area contributed by atoms with E-state index in [1.165, 1.54) is 0 Å². The maximum atomic E-state index is 13.3. The van der Waals surface area contributed by atoms with E-state index in [9.17, 15) is 14.4 Å². The van der Waals surface area contributed by atoms with Gasteiger partial charge in [-0.25, -0.2) is 4.79 Å². The van der Waals surface area contributed by atoms with E-state index >= 15 is 0 Å². The van der Waals surface area contributed by atoms with Crippen LogP contribution in [0.2, 0.25) is 0 Å². The second-order valence-electron chi connectivity index (χ2n) is 10.5. The first-order valence-electron chi connectivity index (χ1n) is 13.0. The molecule has 0 aliphatic rings. The monoisotopic (exact) mass is 538 g/mol. The Morgan fingerprint density at radius 3 is 2.35 bits per heavy atom. The number of anilines is 2. The molecule has 0 radical (unpaired) electrons. The van der Waals surface area contributed by atoms with E-state index in [-0.39, 0.29) is 35.8 Å². The lowest BCUT2D eigenvalue weighted by molar-refractivity contribution is -0.115. The lowest BCUT2D eigenvalue weighted by Crippen LogP contribution is -2.18. The van der Waals surface area contributed by atoms with Crippen LogP contribution >= 0.6 is 0 Å². The number of fused-ring (bicyclic) bond motifs is 2. The Balaban J connectivity index is 1.39. The van der Waals surface area contributed by atoms with Gasteiger partial charge in [-0.2, -0.15) is 0 Å². The van der Waals surface area contributed by atoms with Crippen molar-refractivity contribution in [3.8, 4) is 0 Å². The summed E-state index contributed by atoms with van der Waals surface area (Å²) in [6.45, 7) is 8.40. The molecular weight excluding hydrogens is 508 g/mol. The molecule has 2 N–H and O–H groups in total. The number of para-hydroxylation sites is 1. The number of furan rings is 2. The van der Waals surface area contributed by atoms with Crippen LogP contribution in [-0.2, 0) is 21.4 Å². The van der Waals surface area contributed by atoms with Crippen molar-refractivity contribution in [3.63, 3.8) is 0 Å². The summed E-state index contributed by atoms with van der Waals surface area (Å²) in [5, 5.41) is 7.14. The molecule has 0 saturated carbocycles. The van der Waals surface area contributed by atoms with Crippen molar-refractivity contribution in [2.75, 3.05) is 17.2 Å². The highest BCUT2D eigenvalue weighted by Crippen LogP contribution is 2.33. The van der Waals surface area contributed by atoms with Gasteiger partial charge in [0.25, 0.3) is 5.91 Å². The Morgan fingerprint density at radius 2 is 1.62 bits per heavy atom. The van der Waals surface area contributed by atoms with E-state index in [4.69, 9.17) is 13.6 Å². The Hall–Kier alpha value is -4.85. The lowest BCUT2D eigenvalue weighted by Gasteiger charge is -2.18. The minimum absolute atomic E-state index is 0.0314. The average Bonchev–Trinajstić information content (AvgIpc) is 3.50. The van der Waals surface area contributed by atoms with E-state index in [0.717, 1.165) is 16.5 Å². The zero-order chi connectivity index (χ0) is 28.4. The second kappa shape index (κ2) is 10.7. The number of hydrogen-bond donors (Lipinski definition) is 2. The van der Waals surface area contributed by atoms with Gasteiger partial charge >= 0.3 is 5.97 Å². The SMILES string of the molecule is CCOC(=O)c1ccc(NC(=O)c2oc3ccccc3c2NC(=O)Cc2coc3ccc(C(C)(C)C)cc23)cc1. The first kappa shape index (κ1) is 26.7. The van der Waals surface area contributed by atoms with Crippen molar-refractivity contribution in [3.05, 3.63) is 95.4 Å². The Bertz CT molecular complexity index is 1720. The van der Waals surface area contributed by atoms with Crippen LogP contribution in [0.5, 0.6) is 0 Å². The third-order valence-corrected chi connectivity index (χ3v) is 6.59. The minimum atomic E-state index is -0.543. The van der Waals surface area contributed by atoms with E-state index in [1.54, 1.807) is 61.7 Å². The Morgan fingerprint density at radius 1 is 0.875 bits per heavy atom. The highest BCUT2D eigenvalue weighted by molar-refractivity contribution is 6.15. The summed E-state index contributed by atoms with van der Waals surface area (Å²) in [5.74, 6) is -1.33. The van der Waals surface area contributed by atoms with Crippen LogP contribution in [0.3, 0.4) is 0 Å². The third-order valence-electron chi connectivity index (χ3n) is 6.59. The highest BCUT2D eigenvalue weighted by atomic mass is 16.5. The number of hydrogen-bond acceptors (Lipinski definition) is 6. The number of esters is 1. The first-order valence-corrected chi connectivity index (χ1v) is 13.0. The fraction of sp³-hybridized carbons (Fsp3) is 0.219. The standard InChI is InChI=1S/C32H30N2O6/c1-5-38-31(37)19-10-13-22(14-11-19)33-30(36)29-28(23-8-6-7-9-26(23)40-29)34-27(35)16-20-18-39-25-15-12-21(17-24(20)25)32(2,3)4/h6-15,17-18H,5,16H2,1-4H3,(H,33,36)(H,34,35). The van der Waals surface area contributed by atoms with Crippen molar-refractivity contribution < 1.29 is 28.0 Å². The van der Waals surface area contributed by atoms with E-state index in [2.05, 4.69) is 37.5 Å². The molecular formula is C32H30N2O6. The molecule has 5 aromatic rings. The molecule has 5 rings (SSSR count). The van der Waals surface area contributed by atoms with Gasteiger partial charge in [0.05, 0.1) is 24.9 Å². The van der Waals surface area contributed by atoms with Crippen molar-refractivity contribution in [2.24, 2.45) is 0 Å². The maximum Gasteiger partial charge on any atom is 0.338 e. The molecule has 8 heteroatoms. The Labute approximate surface area is 231 Å². The normalized spacial score (nSPS) is 11.5. The van der Waals surface area contributed by atoms with Gasteiger partial charge in [-0.1, -0.05) is 39.0 Å². The van der Waals surface area contributed by atoms with Crippen molar-refractivity contribution in [1.29, 1.82) is 0 Å². The van der Waals surface area contributed by atoms with Gasteiger partial charge in [0, 0.05) is 22.0 Å². The summed E-state index contributed by atoms with van der Waals surface area (Å²) in [6.07, 6.45) is 1.65.